The number of amides is 1. The second kappa shape index (κ2) is 7.54. The Morgan fingerprint density at radius 1 is 1.19 bits per heavy atom. The quantitative estimate of drug-likeness (QED) is 0.695. The molecule has 26 heavy (non-hydrogen) atoms. The molecule has 0 fully saturated rings. The van der Waals surface area contributed by atoms with Gasteiger partial charge < -0.3 is 9.47 Å². The second-order valence-corrected chi connectivity index (χ2v) is 7.48. The molecule has 0 aliphatic heterocycles. The van der Waals surface area contributed by atoms with Crippen molar-refractivity contribution in [1.82, 2.24) is 4.57 Å². The van der Waals surface area contributed by atoms with Crippen molar-refractivity contribution in [1.29, 1.82) is 5.26 Å². The molecule has 2 aromatic carbocycles. The molecule has 5 nitrogen and oxygen atoms in total. The van der Waals surface area contributed by atoms with E-state index in [0.717, 1.165) is 10.9 Å². The summed E-state index contributed by atoms with van der Waals surface area (Å²) in [5.41, 5.74) is 2.14. The van der Waals surface area contributed by atoms with Crippen LogP contribution in [0, 0.1) is 11.3 Å². The molecule has 0 radical (unpaired) electrons. The Hall–Kier alpha value is -2.91. The van der Waals surface area contributed by atoms with Crippen molar-refractivity contribution in [2.24, 2.45) is 7.05 Å². The highest BCUT2D eigenvalue weighted by Gasteiger charge is 2.21. The van der Waals surface area contributed by atoms with Gasteiger partial charge in [0.1, 0.15) is 5.69 Å². The number of carbonyl (C=O) groups excluding carboxylic acids is 1. The fourth-order valence-corrected chi connectivity index (χ4v) is 4.12. The zero-order valence-electron chi connectivity index (χ0n) is 14.7. The van der Waals surface area contributed by atoms with E-state index in [-0.39, 0.29) is 18.1 Å². The van der Waals surface area contributed by atoms with Crippen LogP contribution in [-0.2, 0) is 17.8 Å². The monoisotopic (exact) mass is 365 g/mol. The molecule has 0 saturated heterocycles. The topological polar surface area (TPSA) is 66.1 Å². The van der Waals surface area contributed by atoms with Crippen LogP contribution in [0.15, 0.2) is 59.5 Å². The highest BCUT2D eigenvalue weighted by atomic mass is 32.2. The minimum Gasteiger partial charge on any atom is -0.340 e. The van der Waals surface area contributed by atoms with Gasteiger partial charge in [-0.15, -0.1) is 0 Å². The number of nitrogens with zero attached hydrogens (tertiary/aromatic N) is 3. The third-order valence-corrected chi connectivity index (χ3v) is 5.76. The number of carbonyl (C=O) groups is 1. The number of hydrogen-bond donors (Lipinski definition) is 0. The third-order valence-electron chi connectivity index (χ3n) is 4.35. The summed E-state index contributed by atoms with van der Waals surface area (Å²) >= 11 is 0. The van der Waals surface area contributed by atoms with Gasteiger partial charge in [0.2, 0.25) is 0 Å². The number of fused-ring (bicyclic) bond motifs is 1. The number of aromatic nitrogens is 1. The van der Waals surface area contributed by atoms with Crippen LogP contribution >= 0.6 is 0 Å². The van der Waals surface area contributed by atoms with Crippen molar-refractivity contribution in [2.75, 3.05) is 17.7 Å². The number of hydrogen-bond acceptors (Lipinski definition) is 3. The summed E-state index contributed by atoms with van der Waals surface area (Å²) in [4.78, 5) is 15.2. The van der Waals surface area contributed by atoms with Gasteiger partial charge in [0.05, 0.1) is 27.5 Å². The van der Waals surface area contributed by atoms with E-state index in [4.69, 9.17) is 5.26 Å². The predicted molar refractivity (Wildman–Crippen MR) is 104 cm³/mol. The number of para-hydroxylation sites is 2. The van der Waals surface area contributed by atoms with Gasteiger partial charge >= 0.3 is 0 Å². The fourth-order valence-electron chi connectivity index (χ4n) is 2.95. The Morgan fingerprint density at radius 2 is 1.88 bits per heavy atom. The maximum absolute atomic E-state index is 13.1. The van der Waals surface area contributed by atoms with Gasteiger partial charge in [0, 0.05) is 37.2 Å². The molecule has 0 N–H and O–H groups in total. The van der Waals surface area contributed by atoms with E-state index in [0.29, 0.717) is 16.3 Å². The summed E-state index contributed by atoms with van der Waals surface area (Å²) in [5.74, 6) is 0.0808. The highest BCUT2D eigenvalue weighted by molar-refractivity contribution is 7.85. The molecule has 6 heteroatoms. The molecule has 1 heterocycles. The molecule has 0 aliphatic rings. The molecule has 3 rings (SSSR count). The van der Waals surface area contributed by atoms with Gasteiger partial charge in [-0.3, -0.25) is 9.00 Å². The smallest absolute Gasteiger partial charge is 0.274 e. The first-order valence-electron chi connectivity index (χ1n) is 8.21. The summed E-state index contributed by atoms with van der Waals surface area (Å²) in [6.07, 6.45) is 0.210. The molecule has 0 aliphatic carbocycles. The lowest BCUT2D eigenvalue weighted by atomic mass is 10.2. The Balaban J connectivity index is 1.97. The van der Waals surface area contributed by atoms with Gasteiger partial charge in [0.25, 0.3) is 5.91 Å². The van der Waals surface area contributed by atoms with Crippen molar-refractivity contribution in [3.05, 3.63) is 60.3 Å². The maximum atomic E-state index is 13.1. The lowest BCUT2D eigenvalue weighted by Crippen LogP contribution is -2.29. The summed E-state index contributed by atoms with van der Waals surface area (Å²) in [7, 11) is 2.21. The summed E-state index contributed by atoms with van der Waals surface area (Å²) in [6.45, 7) is 0. The summed E-state index contributed by atoms with van der Waals surface area (Å²) < 4.78 is 14.4. The van der Waals surface area contributed by atoms with Crippen molar-refractivity contribution in [3.8, 4) is 6.07 Å². The molecular formula is C20H19N3O2S. The Bertz CT molecular complexity index is 1030. The predicted octanol–water partition coefficient (Wildman–Crippen LogP) is 3.48. The van der Waals surface area contributed by atoms with Crippen molar-refractivity contribution < 1.29 is 9.00 Å². The fraction of sp³-hybridized carbons (Fsp3) is 0.200. The lowest BCUT2D eigenvalue weighted by molar-refractivity contribution is 0.0985. The molecule has 1 unspecified atom stereocenters. The van der Waals surface area contributed by atoms with Crippen LogP contribution in [0.25, 0.3) is 10.9 Å². The second-order valence-electron chi connectivity index (χ2n) is 5.94. The minimum atomic E-state index is -1.33. The molecule has 1 aromatic heterocycles. The first kappa shape index (κ1) is 17.9. The van der Waals surface area contributed by atoms with E-state index >= 15 is 0 Å². The number of nitriles is 1. The molecular weight excluding hydrogens is 346 g/mol. The standard InChI is InChI=1S/C20H19N3O2S/c1-22-16-9-4-3-8-15(16)14-18(22)20(24)23(2)17-10-5-6-11-19(17)26(25)13-7-12-21/h3-6,8-11,14H,7,13H2,1-2H3. The highest BCUT2D eigenvalue weighted by Crippen LogP contribution is 2.26. The Kier molecular flexibility index (Phi) is 5.19. The number of benzene rings is 2. The van der Waals surface area contributed by atoms with E-state index in [1.54, 1.807) is 25.2 Å². The van der Waals surface area contributed by atoms with Crippen LogP contribution in [0.4, 0.5) is 5.69 Å². The van der Waals surface area contributed by atoms with Crippen molar-refractivity contribution in [3.63, 3.8) is 0 Å². The largest absolute Gasteiger partial charge is 0.340 e. The molecule has 3 aromatic rings. The van der Waals surface area contributed by atoms with Gasteiger partial charge in [0.15, 0.2) is 0 Å². The van der Waals surface area contributed by atoms with Gasteiger partial charge in [-0.25, -0.2) is 0 Å². The van der Waals surface area contributed by atoms with Crippen LogP contribution < -0.4 is 4.90 Å². The van der Waals surface area contributed by atoms with E-state index < -0.39 is 10.8 Å². The van der Waals surface area contributed by atoms with Crippen LogP contribution in [0.2, 0.25) is 0 Å². The number of rotatable bonds is 5. The van der Waals surface area contributed by atoms with Crippen LogP contribution in [0.3, 0.4) is 0 Å². The van der Waals surface area contributed by atoms with Crippen molar-refractivity contribution in [2.45, 2.75) is 11.3 Å². The van der Waals surface area contributed by atoms with Crippen LogP contribution in [-0.4, -0.2) is 27.5 Å². The maximum Gasteiger partial charge on any atom is 0.274 e. The van der Waals surface area contributed by atoms with Crippen LogP contribution in [0.5, 0.6) is 0 Å². The normalized spacial score (nSPS) is 11.9. The van der Waals surface area contributed by atoms with Crippen LogP contribution in [0.1, 0.15) is 16.9 Å². The molecule has 0 spiro atoms. The molecule has 1 amide bonds. The minimum absolute atomic E-state index is 0.173. The zero-order chi connectivity index (χ0) is 18.7. The Morgan fingerprint density at radius 3 is 2.62 bits per heavy atom. The lowest BCUT2D eigenvalue weighted by Gasteiger charge is -2.20. The SMILES string of the molecule is CN(C(=O)c1cc2ccccc2n1C)c1ccccc1S(=O)CCC#N. The average molecular weight is 365 g/mol. The van der Waals surface area contributed by atoms with E-state index in [1.165, 1.54) is 4.90 Å². The summed E-state index contributed by atoms with van der Waals surface area (Å²) in [5, 5.41) is 9.72. The molecule has 132 valence electrons. The molecule has 1 atom stereocenters. The third kappa shape index (κ3) is 3.26. The number of anilines is 1. The van der Waals surface area contributed by atoms with Crippen molar-refractivity contribution >= 4 is 33.3 Å². The number of aryl methyl sites for hydroxylation is 1. The average Bonchev–Trinajstić information content (AvgIpc) is 3.02. The Labute approximate surface area is 154 Å². The summed E-state index contributed by atoms with van der Waals surface area (Å²) in [6, 6.07) is 18.8. The van der Waals surface area contributed by atoms with E-state index in [2.05, 4.69) is 0 Å². The first-order chi connectivity index (χ1) is 12.5. The molecule has 0 bridgehead atoms. The zero-order valence-corrected chi connectivity index (χ0v) is 15.5. The van der Waals surface area contributed by atoms with Gasteiger partial charge in [-0.1, -0.05) is 30.3 Å². The van der Waals surface area contributed by atoms with E-state index in [9.17, 15) is 9.00 Å². The molecule has 0 saturated carbocycles. The van der Waals surface area contributed by atoms with Gasteiger partial charge in [-0.2, -0.15) is 5.26 Å². The van der Waals surface area contributed by atoms with Gasteiger partial charge in [-0.05, 0) is 24.3 Å². The van der Waals surface area contributed by atoms with E-state index in [1.807, 2.05) is 54.1 Å². The first-order valence-corrected chi connectivity index (χ1v) is 9.53.